The molecule has 2 saturated heterocycles. The predicted molar refractivity (Wildman–Crippen MR) is 76.3 cm³/mol. The second-order valence-corrected chi connectivity index (χ2v) is 5.39. The van der Waals surface area contributed by atoms with Crippen molar-refractivity contribution in [3.63, 3.8) is 0 Å². The molecule has 19 heavy (non-hydrogen) atoms. The zero-order valence-electron chi connectivity index (χ0n) is 11.7. The highest BCUT2D eigenvalue weighted by molar-refractivity contribution is 5.87. The summed E-state index contributed by atoms with van der Waals surface area (Å²) in [6.45, 7) is 2.41. The second kappa shape index (κ2) is 7.10. The molecule has 2 amide bonds. The number of rotatable bonds is 3. The minimum atomic E-state index is -0.0915. The Morgan fingerprint density at radius 3 is 2.74 bits per heavy atom. The molecule has 0 saturated carbocycles. The monoisotopic (exact) mass is 289 g/mol. The third-order valence-corrected chi connectivity index (χ3v) is 4.11. The van der Waals surface area contributed by atoms with Crippen molar-refractivity contribution in [2.24, 2.45) is 5.92 Å². The maximum atomic E-state index is 12.5. The Balaban J connectivity index is 0.00000180. The van der Waals surface area contributed by atoms with Crippen molar-refractivity contribution in [2.45, 2.75) is 31.7 Å². The van der Waals surface area contributed by atoms with Crippen LogP contribution in [-0.4, -0.2) is 61.4 Å². The van der Waals surface area contributed by atoms with Crippen LogP contribution in [0.3, 0.4) is 0 Å². The van der Waals surface area contributed by atoms with Gasteiger partial charge in [-0.3, -0.25) is 9.59 Å². The van der Waals surface area contributed by atoms with Gasteiger partial charge in [0.1, 0.15) is 0 Å². The standard InChI is InChI=1S/C13H23N3O2.ClH/c1-14-9-11-4-3-6-16(11)13(18)10-5-7-15(2)12(17)8-10;/h10-11,14H,3-9H2,1-2H3;1H. The highest BCUT2D eigenvalue weighted by atomic mass is 35.5. The van der Waals surface area contributed by atoms with Gasteiger partial charge in [-0.05, 0) is 26.3 Å². The van der Waals surface area contributed by atoms with E-state index < -0.39 is 0 Å². The molecule has 110 valence electrons. The molecule has 2 rings (SSSR count). The number of hydrogen-bond donors (Lipinski definition) is 1. The van der Waals surface area contributed by atoms with Gasteiger partial charge in [0, 0.05) is 45.1 Å². The molecule has 2 fully saturated rings. The van der Waals surface area contributed by atoms with Crippen LogP contribution in [0.5, 0.6) is 0 Å². The number of carbonyl (C=O) groups is 2. The first-order chi connectivity index (χ1) is 8.63. The maximum Gasteiger partial charge on any atom is 0.226 e. The van der Waals surface area contributed by atoms with E-state index >= 15 is 0 Å². The minimum Gasteiger partial charge on any atom is -0.346 e. The Hall–Kier alpha value is -0.810. The van der Waals surface area contributed by atoms with Gasteiger partial charge in [0.15, 0.2) is 0 Å². The molecule has 0 aromatic rings. The molecule has 0 aromatic carbocycles. The first-order valence-corrected chi connectivity index (χ1v) is 6.82. The average molecular weight is 290 g/mol. The number of likely N-dealkylation sites (tertiary alicyclic amines) is 2. The molecule has 2 heterocycles. The van der Waals surface area contributed by atoms with Crippen LogP contribution in [-0.2, 0) is 9.59 Å². The fourth-order valence-electron chi connectivity index (χ4n) is 2.96. The molecule has 5 nitrogen and oxygen atoms in total. The Kier molecular flexibility index (Phi) is 6.07. The third kappa shape index (κ3) is 3.60. The van der Waals surface area contributed by atoms with Gasteiger partial charge < -0.3 is 15.1 Å². The number of amides is 2. The van der Waals surface area contributed by atoms with E-state index in [9.17, 15) is 9.59 Å². The number of nitrogens with zero attached hydrogens (tertiary/aromatic N) is 2. The van der Waals surface area contributed by atoms with Crippen molar-refractivity contribution in [2.75, 3.05) is 33.7 Å². The molecule has 0 bridgehead atoms. The van der Waals surface area contributed by atoms with Crippen molar-refractivity contribution in [3.8, 4) is 0 Å². The first kappa shape index (κ1) is 16.2. The Morgan fingerprint density at radius 1 is 1.37 bits per heavy atom. The van der Waals surface area contributed by atoms with Crippen LogP contribution in [0.15, 0.2) is 0 Å². The minimum absolute atomic E-state index is 0. The molecular weight excluding hydrogens is 266 g/mol. The van der Waals surface area contributed by atoms with E-state index in [0.717, 1.165) is 32.4 Å². The van der Waals surface area contributed by atoms with Gasteiger partial charge in [-0.1, -0.05) is 0 Å². The predicted octanol–water partition coefficient (Wildman–Crippen LogP) is 0.487. The van der Waals surface area contributed by atoms with Crippen LogP contribution in [0.1, 0.15) is 25.7 Å². The number of likely N-dealkylation sites (N-methyl/N-ethyl adjacent to an activating group) is 1. The van der Waals surface area contributed by atoms with Crippen LogP contribution in [0.2, 0.25) is 0 Å². The quantitative estimate of drug-likeness (QED) is 0.823. The van der Waals surface area contributed by atoms with E-state index in [1.54, 1.807) is 4.90 Å². The van der Waals surface area contributed by atoms with Gasteiger partial charge in [-0.2, -0.15) is 0 Å². The number of hydrogen-bond acceptors (Lipinski definition) is 3. The highest BCUT2D eigenvalue weighted by Crippen LogP contribution is 2.25. The zero-order chi connectivity index (χ0) is 13.1. The third-order valence-electron chi connectivity index (χ3n) is 4.11. The molecule has 2 aliphatic rings. The van der Waals surface area contributed by atoms with Crippen molar-refractivity contribution in [1.82, 2.24) is 15.1 Å². The lowest BCUT2D eigenvalue weighted by Gasteiger charge is -2.33. The van der Waals surface area contributed by atoms with E-state index in [4.69, 9.17) is 0 Å². The number of nitrogens with one attached hydrogen (secondary N) is 1. The number of halogens is 1. The summed E-state index contributed by atoms with van der Waals surface area (Å²) in [7, 11) is 3.72. The van der Waals surface area contributed by atoms with Crippen molar-refractivity contribution < 1.29 is 9.59 Å². The van der Waals surface area contributed by atoms with Gasteiger partial charge in [0.25, 0.3) is 0 Å². The number of piperidine rings is 1. The van der Waals surface area contributed by atoms with E-state index in [1.807, 2.05) is 19.0 Å². The summed E-state index contributed by atoms with van der Waals surface area (Å²) in [5, 5.41) is 3.14. The van der Waals surface area contributed by atoms with Crippen LogP contribution in [0.25, 0.3) is 0 Å². The normalized spacial score (nSPS) is 27.4. The Bertz CT molecular complexity index is 338. The van der Waals surface area contributed by atoms with Gasteiger partial charge in [-0.15, -0.1) is 12.4 Å². The van der Waals surface area contributed by atoms with Crippen molar-refractivity contribution in [3.05, 3.63) is 0 Å². The lowest BCUT2D eigenvalue weighted by Crippen LogP contribution is -2.47. The van der Waals surface area contributed by atoms with Crippen LogP contribution in [0, 0.1) is 5.92 Å². The summed E-state index contributed by atoms with van der Waals surface area (Å²) < 4.78 is 0. The molecule has 0 radical (unpaired) electrons. The fraction of sp³-hybridized carbons (Fsp3) is 0.846. The first-order valence-electron chi connectivity index (χ1n) is 6.82. The van der Waals surface area contributed by atoms with Crippen molar-refractivity contribution in [1.29, 1.82) is 0 Å². The molecule has 0 aliphatic carbocycles. The fourth-order valence-corrected chi connectivity index (χ4v) is 2.96. The van der Waals surface area contributed by atoms with Crippen LogP contribution < -0.4 is 5.32 Å². The lowest BCUT2D eigenvalue weighted by molar-refractivity contribution is -0.144. The maximum absolute atomic E-state index is 12.5. The van der Waals surface area contributed by atoms with E-state index in [-0.39, 0.29) is 30.1 Å². The Morgan fingerprint density at radius 2 is 2.11 bits per heavy atom. The SMILES string of the molecule is CNCC1CCCN1C(=O)C1CCN(C)C(=O)C1.Cl. The topological polar surface area (TPSA) is 52.7 Å². The molecule has 2 aliphatic heterocycles. The zero-order valence-corrected chi connectivity index (χ0v) is 12.5. The van der Waals surface area contributed by atoms with Gasteiger partial charge in [-0.25, -0.2) is 0 Å². The summed E-state index contributed by atoms with van der Waals surface area (Å²) in [5.41, 5.74) is 0. The van der Waals surface area contributed by atoms with E-state index in [2.05, 4.69) is 5.32 Å². The largest absolute Gasteiger partial charge is 0.346 e. The lowest BCUT2D eigenvalue weighted by atomic mass is 9.94. The summed E-state index contributed by atoms with van der Waals surface area (Å²) in [6, 6.07) is 0.317. The van der Waals surface area contributed by atoms with E-state index in [0.29, 0.717) is 19.0 Å². The smallest absolute Gasteiger partial charge is 0.226 e. The molecule has 0 spiro atoms. The summed E-state index contributed by atoms with van der Waals surface area (Å²) >= 11 is 0. The summed E-state index contributed by atoms with van der Waals surface area (Å²) in [6.07, 6.45) is 3.35. The molecular formula is C13H24ClN3O2. The summed E-state index contributed by atoms with van der Waals surface area (Å²) in [4.78, 5) is 27.8. The van der Waals surface area contributed by atoms with Gasteiger partial charge >= 0.3 is 0 Å². The summed E-state index contributed by atoms with van der Waals surface area (Å²) in [5.74, 6) is 0.198. The molecule has 2 unspecified atom stereocenters. The van der Waals surface area contributed by atoms with Gasteiger partial charge in [0.2, 0.25) is 11.8 Å². The highest BCUT2D eigenvalue weighted by Gasteiger charge is 2.35. The second-order valence-electron chi connectivity index (χ2n) is 5.39. The molecule has 1 N–H and O–H groups in total. The van der Waals surface area contributed by atoms with Gasteiger partial charge in [0.05, 0.1) is 0 Å². The van der Waals surface area contributed by atoms with Crippen LogP contribution in [0.4, 0.5) is 0 Å². The molecule has 6 heteroatoms. The average Bonchev–Trinajstić information content (AvgIpc) is 2.80. The van der Waals surface area contributed by atoms with E-state index in [1.165, 1.54) is 0 Å². The number of carbonyl (C=O) groups excluding carboxylic acids is 2. The Labute approximate surface area is 121 Å². The van der Waals surface area contributed by atoms with Crippen molar-refractivity contribution >= 4 is 24.2 Å². The molecule has 0 aromatic heterocycles. The molecule has 2 atom stereocenters. The van der Waals surface area contributed by atoms with Crippen LogP contribution >= 0.6 is 12.4 Å².